The molecule has 0 fully saturated rings. The SMILES string of the molecule is CC(Cl)C(C)CC1OCCc2ccccc21. The molecule has 0 saturated carbocycles. The summed E-state index contributed by atoms with van der Waals surface area (Å²) in [7, 11) is 0. The van der Waals surface area contributed by atoms with Crippen LogP contribution in [0.25, 0.3) is 0 Å². The third-order valence-electron chi connectivity index (χ3n) is 3.46. The molecule has 0 aromatic heterocycles. The predicted octanol–water partition coefficient (Wildman–Crippen LogP) is 3.95. The van der Waals surface area contributed by atoms with E-state index in [-0.39, 0.29) is 11.5 Å². The van der Waals surface area contributed by atoms with Crippen molar-refractivity contribution in [3.05, 3.63) is 35.4 Å². The van der Waals surface area contributed by atoms with Crippen molar-refractivity contribution in [1.82, 2.24) is 0 Å². The van der Waals surface area contributed by atoms with Crippen LogP contribution in [-0.2, 0) is 11.2 Å². The number of fused-ring (bicyclic) bond motifs is 1. The molecule has 0 aliphatic carbocycles. The van der Waals surface area contributed by atoms with E-state index in [4.69, 9.17) is 16.3 Å². The van der Waals surface area contributed by atoms with E-state index in [0.717, 1.165) is 19.4 Å². The Morgan fingerprint density at radius 1 is 1.38 bits per heavy atom. The molecule has 0 spiro atoms. The molecule has 0 radical (unpaired) electrons. The number of rotatable bonds is 3. The molecular formula is C14H19ClO. The molecule has 3 unspecified atom stereocenters. The minimum Gasteiger partial charge on any atom is -0.373 e. The predicted molar refractivity (Wildman–Crippen MR) is 67.9 cm³/mol. The molecule has 1 aromatic rings. The van der Waals surface area contributed by atoms with Gasteiger partial charge in [-0.2, -0.15) is 0 Å². The minimum atomic E-state index is 0.206. The summed E-state index contributed by atoms with van der Waals surface area (Å²) in [5.74, 6) is 0.484. The highest BCUT2D eigenvalue weighted by molar-refractivity contribution is 6.20. The maximum Gasteiger partial charge on any atom is 0.0830 e. The summed E-state index contributed by atoms with van der Waals surface area (Å²) in [6.45, 7) is 5.09. The van der Waals surface area contributed by atoms with E-state index in [9.17, 15) is 0 Å². The maximum absolute atomic E-state index is 6.12. The van der Waals surface area contributed by atoms with Gasteiger partial charge in [-0.05, 0) is 36.8 Å². The lowest BCUT2D eigenvalue weighted by Crippen LogP contribution is -2.20. The van der Waals surface area contributed by atoms with Crippen molar-refractivity contribution in [3.8, 4) is 0 Å². The van der Waals surface area contributed by atoms with Crippen LogP contribution < -0.4 is 0 Å². The van der Waals surface area contributed by atoms with Crippen molar-refractivity contribution < 1.29 is 4.74 Å². The van der Waals surface area contributed by atoms with Crippen molar-refractivity contribution in [2.24, 2.45) is 5.92 Å². The number of ether oxygens (including phenoxy) is 1. The second-order valence-corrected chi connectivity index (χ2v) is 5.39. The molecule has 3 atom stereocenters. The van der Waals surface area contributed by atoms with E-state index >= 15 is 0 Å². The molecule has 16 heavy (non-hydrogen) atoms. The maximum atomic E-state index is 6.12. The summed E-state index contributed by atoms with van der Waals surface area (Å²) in [6.07, 6.45) is 2.29. The Morgan fingerprint density at radius 2 is 2.12 bits per heavy atom. The fraction of sp³-hybridized carbons (Fsp3) is 0.571. The lowest BCUT2D eigenvalue weighted by Gasteiger charge is -2.28. The molecular weight excluding hydrogens is 220 g/mol. The summed E-state index contributed by atoms with van der Waals surface area (Å²) in [5.41, 5.74) is 2.80. The summed E-state index contributed by atoms with van der Waals surface area (Å²) < 4.78 is 5.87. The summed E-state index contributed by atoms with van der Waals surface area (Å²) in [6, 6.07) is 8.59. The van der Waals surface area contributed by atoms with Crippen LogP contribution in [0.5, 0.6) is 0 Å². The van der Waals surface area contributed by atoms with E-state index < -0.39 is 0 Å². The Balaban J connectivity index is 2.13. The van der Waals surface area contributed by atoms with Gasteiger partial charge in [-0.25, -0.2) is 0 Å². The van der Waals surface area contributed by atoms with E-state index in [1.807, 2.05) is 0 Å². The lowest BCUT2D eigenvalue weighted by atomic mass is 9.91. The lowest BCUT2D eigenvalue weighted by molar-refractivity contribution is 0.0268. The van der Waals surface area contributed by atoms with Crippen molar-refractivity contribution in [2.75, 3.05) is 6.61 Å². The number of alkyl halides is 1. The minimum absolute atomic E-state index is 0.206. The standard InChI is InChI=1S/C14H19ClO/c1-10(11(2)15)9-14-13-6-4-3-5-12(13)7-8-16-14/h3-6,10-11,14H,7-9H2,1-2H3. The third kappa shape index (κ3) is 2.58. The van der Waals surface area contributed by atoms with Gasteiger partial charge in [0.2, 0.25) is 0 Å². The van der Waals surface area contributed by atoms with E-state index in [2.05, 4.69) is 38.1 Å². The van der Waals surface area contributed by atoms with Gasteiger partial charge in [0, 0.05) is 5.38 Å². The van der Waals surface area contributed by atoms with Gasteiger partial charge < -0.3 is 4.74 Å². The first kappa shape index (κ1) is 11.9. The highest BCUT2D eigenvalue weighted by atomic mass is 35.5. The van der Waals surface area contributed by atoms with Crippen LogP contribution in [0, 0.1) is 5.92 Å². The van der Waals surface area contributed by atoms with Gasteiger partial charge in [-0.15, -0.1) is 11.6 Å². The summed E-state index contributed by atoms with van der Waals surface area (Å²) in [4.78, 5) is 0. The second-order valence-electron chi connectivity index (χ2n) is 4.70. The second kappa shape index (κ2) is 5.20. The fourth-order valence-electron chi connectivity index (χ4n) is 2.20. The van der Waals surface area contributed by atoms with Crippen LogP contribution in [0.4, 0.5) is 0 Å². The molecule has 1 aliphatic heterocycles. The Bertz CT molecular complexity index is 348. The van der Waals surface area contributed by atoms with Gasteiger partial charge in [-0.3, -0.25) is 0 Å². The highest BCUT2D eigenvalue weighted by Crippen LogP contribution is 2.33. The van der Waals surface area contributed by atoms with E-state index in [1.165, 1.54) is 11.1 Å². The largest absolute Gasteiger partial charge is 0.373 e. The molecule has 1 heterocycles. The Morgan fingerprint density at radius 3 is 2.88 bits per heavy atom. The van der Waals surface area contributed by atoms with Gasteiger partial charge in [0.1, 0.15) is 0 Å². The Kier molecular flexibility index (Phi) is 3.88. The highest BCUT2D eigenvalue weighted by Gasteiger charge is 2.23. The van der Waals surface area contributed by atoms with E-state index in [0.29, 0.717) is 5.92 Å². The molecule has 0 saturated heterocycles. The van der Waals surface area contributed by atoms with Gasteiger partial charge in [0.15, 0.2) is 0 Å². The molecule has 2 rings (SSSR count). The van der Waals surface area contributed by atoms with Crippen molar-refractivity contribution in [3.63, 3.8) is 0 Å². The van der Waals surface area contributed by atoms with Crippen LogP contribution in [0.2, 0.25) is 0 Å². The van der Waals surface area contributed by atoms with Crippen LogP contribution in [0.1, 0.15) is 37.5 Å². The van der Waals surface area contributed by atoms with Crippen LogP contribution in [0.3, 0.4) is 0 Å². The quantitative estimate of drug-likeness (QED) is 0.725. The first-order valence-corrected chi connectivity index (χ1v) is 6.45. The number of halogens is 1. The smallest absolute Gasteiger partial charge is 0.0830 e. The monoisotopic (exact) mass is 238 g/mol. The Hall–Kier alpha value is -0.530. The number of benzene rings is 1. The molecule has 1 nitrogen and oxygen atoms in total. The molecule has 2 heteroatoms. The molecule has 0 N–H and O–H groups in total. The summed E-state index contributed by atoms with van der Waals surface area (Å²) >= 11 is 6.12. The molecule has 1 aliphatic rings. The van der Waals surface area contributed by atoms with Crippen molar-refractivity contribution >= 4 is 11.6 Å². The zero-order valence-corrected chi connectivity index (χ0v) is 10.7. The molecule has 0 amide bonds. The van der Waals surface area contributed by atoms with Gasteiger partial charge in [-0.1, -0.05) is 31.2 Å². The zero-order chi connectivity index (χ0) is 11.5. The molecule has 88 valence electrons. The van der Waals surface area contributed by atoms with Gasteiger partial charge in [0.05, 0.1) is 12.7 Å². The number of hydrogen-bond donors (Lipinski definition) is 0. The normalized spacial score (nSPS) is 23.6. The Labute approximate surface area is 103 Å². The van der Waals surface area contributed by atoms with Crippen LogP contribution in [-0.4, -0.2) is 12.0 Å². The van der Waals surface area contributed by atoms with Crippen molar-refractivity contribution in [1.29, 1.82) is 0 Å². The number of hydrogen-bond acceptors (Lipinski definition) is 1. The third-order valence-corrected chi connectivity index (χ3v) is 3.89. The molecule has 1 aromatic carbocycles. The van der Waals surface area contributed by atoms with Crippen LogP contribution >= 0.6 is 11.6 Å². The first-order chi connectivity index (χ1) is 7.68. The zero-order valence-electron chi connectivity index (χ0n) is 9.95. The van der Waals surface area contributed by atoms with Gasteiger partial charge in [0.25, 0.3) is 0 Å². The molecule has 0 bridgehead atoms. The summed E-state index contributed by atoms with van der Waals surface area (Å²) in [5, 5.41) is 0.206. The van der Waals surface area contributed by atoms with E-state index in [1.54, 1.807) is 0 Å². The average Bonchev–Trinajstić information content (AvgIpc) is 2.29. The van der Waals surface area contributed by atoms with Crippen LogP contribution in [0.15, 0.2) is 24.3 Å². The fourth-order valence-corrected chi connectivity index (χ4v) is 2.30. The average molecular weight is 239 g/mol. The first-order valence-electron chi connectivity index (χ1n) is 6.02. The van der Waals surface area contributed by atoms with Crippen molar-refractivity contribution in [2.45, 2.75) is 38.2 Å². The van der Waals surface area contributed by atoms with Gasteiger partial charge >= 0.3 is 0 Å². The topological polar surface area (TPSA) is 9.23 Å².